The summed E-state index contributed by atoms with van der Waals surface area (Å²) >= 11 is 5.80. The highest BCUT2D eigenvalue weighted by atomic mass is 35.5. The lowest BCUT2D eigenvalue weighted by Crippen LogP contribution is -2.36. The molecule has 2 nitrogen and oxygen atoms in total. The van der Waals surface area contributed by atoms with Crippen LogP contribution < -0.4 is 0 Å². The van der Waals surface area contributed by atoms with Crippen molar-refractivity contribution in [3.8, 4) is 12.1 Å². The van der Waals surface area contributed by atoms with Gasteiger partial charge >= 0.3 is 6.18 Å². The molecule has 0 aliphatic carbocycles. The third kappa shape index (κ3) is 2.95. The number of benzene rings is 1. The molecule has 0 saturated heterocycles. The minimum atomic E-state index is -4.78. The molecule has 0 bridgehead atoms. The smallest absolute Gasteiger partial charge is 0.197 e. The molecular formula is C14H10ClF3N2. The molecule has 1 aromatic carbocycles. The van der Waals surface area contributed by atoms with Gasteiger partial charge in [0.05, 0.1) is 12.1 Å². The molecule has 0 aromatic heterocycles. The second kappa shape index (κ2) is 5.98. The van der Waals surface area contributed by atoms with Gasteiger partial charge in [0.25, 0.3) is 0 Å². The van der Waals surface area contributed by atoms with Gasteiger partial charge in [0.1, 0.15) is 5.92 Å². The van der Waals surface area contributed by atoms with Gasteiger partial charge in [0.2, 0.25) is 0 Å². The predicted molar refractivity (Wildman–Crippen MR) is 68.7 cm³/mol. The Morgan fingerprint density at radius 1 is 1.25 bits per heavy atom. The molecule has 1 atom stereocenters. The van der Waals surface area contributed by atoms with Crippen LogP contribution in [0.2, 0.25) is 5.02 Å². The second-order valence-corrected chi connectivity index (χ2v) is 4.59. The predicted octanol–water partition coefficient (Wildman–Crippen LogP) is 4.60. The maximum atomic E-state index is 13.4. The van der Waals surface area contributed by atoms with Crippen LogP contribution in [0.3, 0.4) is 0 Å². The van der Waals surface area contributed by atoms with Crippen molar-refractivity contribution >= 4 is 11.6 Å². The van der Waals surface area contributed by atoms with Gasteiger partial charge in [-0.1, -0.05) is 35.9 Å². The molecule has 0 N–H and O–H groups in total. The van der Waals surface area contributed by atoms with E-state index in [-0.39, 0.29) is 10.6 Å². The summed E-state index contributed by atoms with van der Waals surface area (Å²) in [7, 11) is 0. The molecule has 1 aromatic rings. The minimum absolute atomic E-state index is 0.131. The summed E-state index contributed by atoms with van der Waals surface area (Å²) in [5.41, 5.74) is -2.57. The average Bonchev–Trinajstić information content (AvgIpc) is 2.39. The number of hydrogen-bond acceptors (Lipinski definition) is 2. The molecule has 0 amide bonds. The minimum Gasteiger partial charge on any atom is -0.197 e. The van der Waals surface area contributed by atoms with Gasteiger partial charge in [0, 0.05) is 5.02 Å². The second-order valence-electron chi connectivity index (χ2n) is 4.18. The number of rotatable bonds is 4. The summed E-state index contributed by atoms with van der Waals surface area (Å²) in [5.74, 6) is -2.29. The van der Waals surface area contributed by atoms with Crippen LogP contribution in [0.1, 0.15) is 17.9 Å². The van der Waals surface area contributed by atoms with Crippen molar-refractivity contribution in [2.75, 3.05) is 0 Å². The standard InChI is InChI=1S/C14H10ClF3N2/c1-2-7-13(8-19,9-20)12(14(16,17)18)10-5-3-4-6-11(10)15/h2-6,12H,1,7H2. The van der Waals surface area contributed by atoms with E-state index in [1.807, 2.05) is 0 Å². The molecule has 0 heterocycles. The summed E-state index contributed by atoms with van der Waals surface area (Å²) in [4.78, 5) is 0. The summed E-state index contributed by atoms with van der Waals surface area (Å²) in [6, 6.07) is 8.31. The molecule has 0 radical (unpaired) electrons. The van der Waals surface area contributed by atoms with Crippen molar-refractivity contribution in [2.24, 2.45) is 5.41 Å². The quantitative estimate of drug-likeness (QED) is 0.763. The number of halogens is 4. The Balaban J connectivity index is 3.57. The van der Waals surface area contributed by atoms with Crippen LogP contribution in [-0.4, -0.2) is 6.18 Å². The van der Waals surface area contributed by atoms with E-state index in [9.17, 15) is 13.2 Å². The molecule has 20 heavy (non-hydrogen) atoms. The van der Waals surface area contributed by atoms with Gasteiger partial charge in [-0.2, -0.15) is 23.7 Å². The monoisotopic (exact) mass is 298 g/mol. The number of hydrogen-bond donors (Lipinski definition) is 0. The van der Waals surface area contributed by atoms with Crippen molar-refractivity contribution < 1.29 is 13.2 Å². The summed E-state index contributed by atoms with van der Waals surface area (Å²) < 4.78 is 40.1. The van der Waals surface area contributed by atoms with Crippen LogP contribution in [0.25, 0.3) is 0 Å². The van der Waals surface area contributed by atoms with Crippen molar-refractivity contribution in [2.45, 2.75) is 18.5 Å². The van der Waals surface area contributed by atoms with E-state index in [1.165, 1.54) is 36.4 Å². The molecule has 104 valence electrons. The Hall–Kier alpha value is -1.98. The maximum Gasteiger partial charge on any atom is 0.398 e. The molecule has 6 heteroatoms. The summed E-state index contributed by atoms with van der Waals surface area (Å²) in [6.07, 6.45) is -4.06. The molecular weight excluding hydrogens is 289 g/mol. The van der Waals surface area contributed by atoms with Crippen molar-refractivity contribution in [3.63, 3.8) is 0 Å². The normalized spacial score (nSPS) is 13.1. The fraction of sp³-hybridized carbons (Fsp3) is 0.286. The van der Waals surface area contributed by atoms with Gasteiger partial charge in [0.15, 0.2) is 5.41 Å². The SMILES string of the molecule is C=CCC(C#N)(C#N)C(c1ccccc1Cl)C(F)(F)F. The van der Waals surface area contributed by atoms with E-state index in [2.05, 4.69) is 6.58 Å². The third-order valence-corrected chi connectivity index (χ3v) is 3.25. The van der Waals surface area contributed by atoms with E-state index in [0.29, 0.717) is 0 Å². The fourth-order valence-corrected chi connectivity index (χ4v) is 2.27. The number of nitriles is 2. The molecule has 0 aliphatic rings. The zero-order valence-electron chi connectivity index (χ0n) is 10.3. The highest BCUT2D eigenvalue weighted by molar-refractivity contribution is 6.31. The third-order valence-electron chi connectivity index (χ3n) is 2.90. The first kappa shape index (κ1) is 16.1. The molecule has 0 fully saturated rings. The van der Waals surface area contributed by atoms with Gasteiger partial charge in [-0.3, -0.25) is 0 Å². The van der Waals surface area contributed by atoms with Gasteiger partial charge in [-0.15, -0.1) is 6.58 Å². The maximum absolute atomic E-state index is 13.4. The van der Waals surface area contributed by atoms with Gasteiger partial charge in [-0.25, -0.2) is 0 Å². The number of nitrogens with zero attached hydrogens (tertiary/aromatic N) is 2. The van der Waals surface area contributed by atoms with Crippen LogP contribution in [0.5, 0.6) is 0 Å². The highest BCUT2D eigenvalue weighted by Gasteiger charge is 2.55. The van der Waals surface area contributed by atoms with E-state index < -0.39 is 23.9 Å². The topological polar surface area (TPSA) is 47.6 Å². The van der Waals surface area contributed by atoms with Gasteiger partial charge in [-0.05, 0) is 18.1 Å². The Kier molecular flexibility index (Phi) is 4.81. The van der Waals surface area contributed by atoms with E-state index >= 15 is 0 Å². The van der Waals surface area contributed by atoms with Crippen LogP contribution in [-0.2, 0) is 0 Å². The molecule has 0 spiro atoms. The molecule has 0 aliphatic heterocycles. The first-order valence-corrected chi connectivity index (χ1v) is 5.94. The highest BCUT2D eigenvalue weighted by Crippen LogP contribution is 2.50. The first-order valence-electron chi connectivity index (χ1n) is 5.57. The van der Waals surface area contributed by atoms with Crippen LogP contribution >= 0.6 is 11.6 Å². The number of alkyl halides is 3. The van der Waals surface area contributed by atoms with Gasteiger partial charge < -0.3 is 0 Å². The first-order chi connectivity index (χ1) is 9.32. The van der Waals surface area contributed by atoms with E-state index in [4.69, 9.17) is 22.1 Å². The van der Waals surface area contributed by atoms with Crippen LogP contribution in [0.15, 0.2) is 36.9 Å². The van der Waals surface area contributed by atoms with Crippen LogP contribution in [0, 0.1) is 28.1 Å². The number of allylic oxidation sites excluding steroid dienone is 1. The molecule has 0 saturated carbocycles. The molecule has 1 rings (SSSR count). The Morgan fingerprint density at radius 3 is 2.20 bits per heavy atom. The Morgan fingerprint density at radius 2 is 1.80 bits per heavy atom. The zero-order chi connectivity index (χ0) is 15.4. The summed E-state index contributed by atoms with van der Waals surface area (Å²) in [5, 5.41) is 18.1. The Labute approximate surface area is 119 Å². The largest absolute Gasteiger partial charge is 0.398 e. The Bertz CT molecular complexity index is 567. The van der Waals surface area contributed by atoms with Crippen molar-refractivity contribution in [3.05, 3.63) is 47.5 Å². The lowest BCUT2D eigenvalue weighted by atomic mass is 9.71. The lowest BCUT2D eigenvalue weighted by molar-refractivity contribution is -0.164. The van der Waals surface area contributed by atoms with Crippen molar-refractivity contribution in [1.29, 1.82) is 10.5 Å². The average molecular weight is 299 g/mol. The summed E-state index contributed by atoms with van der Waals surface area (Å²) in [6.45, 7) is 3.32. The van der Waals surface area contributed by atoms with Crippen molar-refractivity contribution in [1.82, 2.24) is 0 Å². The van der Waals surface area contributed by atoms with E-state index in [1.54, 1.807) is 0 Å². The molecule has 1 unspecified atom stereocenters. The van der Waals surface area contributed by atoms with Crippen LogP contribution in [0.4, 0.5) is 13.2 Å². The zero-order valence-corrected chi connectivity index (χ0v) is 11.0. The lowest BCUT2D eigenvalue weighted by Gasteiger charge is -2.31. The fourth-order valence-electron chi connectivity index (χ4n) is 2.02. The van der Waals surface area contributed by atoms with E-state index in [0.717, 1.165) is 6.08 Å².